The smallest absolute Gasteiger partial charge is 0.418 e. The first-order valence-corrected chi connectivity index (χ1v) is 8.64. The number of nitrogens with one attached hydrogen (secondary N) is 1. The van der Waals surface area contributed by atoms with Gasteiger partial charge in [-0.1, -0.05) is 0 Å². The highest BCUT2D eigenvalue weighted by atomic mass is 19.4. The average molecular weight is 439 g/mol. The molecule has 1 aromatic carbocycles. The molecule has 0 aliphatic carbocycles. The standard InChI is InChI=1S/C20H14F5N3O3/c1-8-11(20(23,24)25)7-28-19(31-15-4-3-12(21)17(22)9(15)2)16(8)13-5-14(29)10(6-27-13)18(26)30/h3-7H,1-2H3,(H2,26,30)(H,27,29). The lowest BCUT2D eigenvalue weighted by Gasteiger charge is -2.18. The van der Waals surface area contributed by atoms with E-state index in [1.54, 1.807) is 0 Å². The number of halogens is 5. The number of hydrogen-bond acceptors (Lipinski definition) is 4. The Kier molecular flexibility index (Phi) is 5.53. The molecule has 3 N–H and O–H groups in total. The van der Waals surface area contributed by atoms with Crippen LogP contribution in [0, 0.1) is 25.5 Å². The van der Waals surface area contributed by atoms with E-state index >= 15 is 0 Å². The Hall–Kier alpha value is -3.76. The van der Waals surface area contributed by atoms with Crippen LogP contribution < -0.4 is 15.9 Å². The number of carbonyl (C=O) groups is 1. The summed E-state index contributed by atoms with van der Waals surface area (Å²) in [6, 6.07) is 2.75. The van der Waals surface area contributed by atoms with Crippen molar-refractivity contribution < 1.29 is 31.5 Å². The predicted octanol–water partition coefficient (Wildman–Crippen LogP) is 4.24. The monoisotopic (exact) mass is 439 g/mol. The number of ether oxygens (including phenoxy) is 1. The number of aromatic nitrogens is 2. The van der Waals surface area contributed by atoms with Crippen molar-refractivity contribution in [2.24, 2.45) is 5.73 Å². The summed E-state index contributed by atoms with van der Waals surface area (Å²) in [4.78, 5) is 29.7. The average Bonchev–Trinajstić information content (AvgIpc) is 2.67. The van der Waals surface area contributed by atoms with Crippen molar-refractivity contribution in [1.82, 2.24) is 9.97 Å². The largest absolute Gasteiger partial charge is 0.438 e. The normalized spacial score (nSPS) is 11.5. The minimum absolute atomic E-state index is 0.152. The minimum Gasteiger partial charge on any atom is -0.438 e. The number of nitrogens with zero attached hydrogens (tertiary/aromatic N) is 1. The van der Waals surface area contributed by atoms with Crippen LogP contribution in [-0.4, -0.2) is 15.9 Å². The number of nitrogens with two attached hydrogens (primary N) is 1. The quantitative estimate of drug-likeness (QED) is 0.594. The number of amides is 1. The molecule has 11 heteroatoms. The SMILES string of the molecule is Cc1c(Oc2ncc(C(F)(F)F)c(C)c2-c2cc(=O)c(C(N)=O)c[nH]2)ccc(F)c1F. The molecule has 0 radical (unpaired) electrons. The van der Waals surface area contributed by atoms with Crippen LogP contribution in [0.1, 0.15) is 27.0 Å². The van der Waals surface area contributed by atoms with Crippen molar-refractivity contribution in [1.29, 1.82) is 0 Å². The van der Waals surface area contributed by atoms with Crippen LogP contribution in [-0.2, 0) is 6.18 Å². The van der Waals surface area contributed by atoms with Gasteiger partial charge in [-0.3, -0.25) is 9.59 Å². The van der Waals surface area contributed by atoms with E-state index in [-0.39, 0.29) is 28.1 Å². The van der Waals surface area contributed by atoms with Crippen molar-refractivity contribution in [2.75, 3.05) is 0 Å². The Labute approximate surface area is 171 Å². The highest BCUT2D eigenvalue weighted by Gasteiger charge is 2.35. The van der Waals surface area contributed by atoms with E-state index in [0.717, 1.165) is 31.3 Å². The second-order valence-electron chi connectivity index (χ2n) is 6.55. The first-order valence-electron chi connectivity index (χ1n) is 8.64. The summed E-state index contributed by atoms with van der Waals surface area (Å²) < 4.78 is 73.0. The zero-order chi connectivity index (χ0) is 23.1. The molecule has 0 saturated heterocycles. The number of alkyl halides is 3. The maximum Gasteiger partial charge on any atom is 0.418 e. The fraction of sp³-hybridized carbons (Fsp3) is 0.150. The van der Waals surface area contributed by atoms with Crippen LogP contribution in [0.4, 0.5) is 22.0 Å². The van der Waals surface area contributed by atoms with Crippen molar-refractivity contribution >= 4 is 5.91 Å². The number of benzene rings is 1. The second kappa shape index (κ2) is 7.82. The third kappa shape index (κ3) is 4.11. The lowest BCUT2D eigenvalue weighted by atomic mass is 10.0. The Morgan fingerprint density at radius 2 is 1.84 bits per heavy atom. The Bertz CT molecular complexity index is 1250. The molecule has 0 aliphatic heterocycles. The number of pyridine rings is 2. The number of hydrogen-bond donors (Lipinski definition) is 2. The number of carbonyl (C=O) groups excluding carboxylic acids is 1. The molecule has 3 rings (SSSR count). The molecular weight excluding hydrogens is 425 g/mol. The molecule has 2 heterocycles. The lowest BCUT2D eigenvalue weighted by Crippen LogP contribution is -2.21. The third-order valence-electron chi connectivity index (χ3n) is 4.55. The van der Waals surface area contributed by atoms with Crippen LogP contribution in [0.2, 0.25) is 0 Å². The maximum atomic E-state index is 13.9. The van der Waals surface area contributed by atoms with Gasteiger partial charge in [0, 0.05) is 24.0 Å². The van der Waals surface area contributed by atoms with Gasteiger partial charge < -0.3 is 15.5 Å². The Balaban J connectivity index is 2.25. The summed E-state index contributed by atoms with van der Waals surface area (Å²) in [6.07, 6.45) is -3.29. The van der Waals surface area contributed by atoms with Crippen LogP contribution in [0.25, 0.3) is 11.3 Å². The van der Waals surface area contributed by atoms with Gasteiger partial charge in [0.1, 0.15) is 11.3 Å². The van der Waals surface area contributed by atoms with Crippen LogP contribution in [0.3, 0.4) is 0 Å². The van der Waals surface area contributed by atoms with Gasteiger partial charge in [0.15, 0.2) is 17.1 Å². The summed E-state index contributed by atoms with van der Waals surface area (Å²) in [5, 5.41) is 0. The maximum absolute atomic E-state index is 13.9. The highest BCUT2D eigenvalue weighted by Crippen LogP contribution is 2.40. The number of aromatic amines is 1. The fourth-order valence-electron chi connectivity index (χ4n) is 2.92. The van der Waals surface area contributed by atoms with E-state index < -0.39 is 46.2 Å². The zero-order valence-electron chi connectivity index (χ0n) is 16.0. The predicted molar refractivity (Wildman–Crippen MR) is 99.7 cm³/mol. The van der Waals surface area contributed by atoms with Crippen molar-refractivity contribution in [2.45, 2.75) is 20.0 Å². The highest BCUT2D eigenvalue weighted by molar-refractivity contribution is 5.92. The van der Waals surface area contributed by atoms with Crippen molar-refractivity contribution in [3.63, 3.8) is 0 Å². The molecule has 0 aliphatic rings. The van der Waals surface area contributed by atoms with Gasteiger partial charge in [-0.15, -0.1) is 0 Å². The van der Waals surface area contributed by atoms with E-state index in [4.69, 9.17) is 10.5 Å². The van der Waals surface area contributed by atoms with Gasteiger partial charge in [-0.25, -0.2) is 13.8 Å². The molecule has 0 unspecified atom stereocenters. The van der Waals surface area contributed by atoms with Crippen molar-refractivity contribution in [3.8, 4) is 22.9 Å². The number of rotatable bonds is 4. The molecule has 6 nitrogen and oxygen atoms in total. The molecule has 1 amide bonds. The third-order valence-corrected chi connectivity index (χ3v) is 4.55. The molecule has 0 fully saturated rings. The van der Waals surface area contributed by atoms with E-state index in [0.29, 0.717) is 6.20 Å². The van der Waals surface area contributed by atoms with Crippen molar-refractivity contribution in [3.05, 3.63) is 74.7 Å². The molecule has 0 spiro atoms. The lowest BCUT2D eigenvalue weighted by molar-refractivity contribution is -0.138. The summed E-state index contributed by atoms with van der Waals surface area (Å²) in [5.74, 6) is -3.94. The van der Waals surface area contributed by atoms with E-state index in [9.17, 15) is 31.5 Å². The molecule has 0 saturated carbocycles. The minimum atomic E-state index is -4.77. The number of H-pyrrole nitrogens is 1. The molecular formula is C20H14F5N3O3. The van der Waals surface area contributed by atoms with E-state index in [2.05, 4.69) is 9.97 Å². The molecule has 0 bridgehead atoms. The second-order valence-corrected chi connectivity index (χ2v) is 6.55. The summed E-state index contributed by atoms with van der Waals surface area (Å²) in [7, 11) is 0. The summed E-state index contributed by atoms with van der Waals surface area (Å²) in [5.41, 5.74) is 1.75. The van der Waals surface area contributed by atoms with E-state index in [1.165, 1.54) is 6.92 Å². The van der Waals surface area contributed by atoms with Gasteiger partial charge in [0.25, 0.3) is 5.91 Å². The first-order chi connectivity index (χ1) is 14.4. The number of primary amides is 1. The fourth-order valence-corrected chi connectivity index (χ4v) is 2.92. The Morgan fingerprint density at radius 1 is 1.16 bits per heavy atom. The molecule has 0 atom stereocenters. The molecule has 3 aromatic rings. The Morgan fingerprint density at radius 3 is 2.42 bits per heavy atom. The molecule has 2 aromatic heterocycles. The van der Waals surface area contributed by atoms with Gasteiger partial charge in [-0.2, -0.15) is 13.2 Å². The van der Waals surface area contributed by atoms with Crippen LogP contribution in [0.5, 0.6) is 11.6 Å². The van der Waals surface area contributed by atoms with Gasteiger partial charge in [0.05, 0.1) is 16.8 Å². The topological polar surface area (TPSA) is 98.1 Å². The van der Waals surface area contributed by atoms with Gasteiger partial charge in [-0.05, 0) is 31.5 Å². The molecule has 162 valence electrons. The van der Waals surface area contributed by atoms with E-state index in [1.807, 2.05) is 0 Å². The molecule has 31 heavy (non-hydrogen) atoms. The zero-order valence-corrected chi connectivity index (χ0v) is 16.0. The summed E-state index contributed by atoms with van der Waals surface area (Å²) >= 11 is 0. The van der Waals surface area contributed by atoms with Gasteiger partial charge >= 0.3 is 6.18 Å². The van der Waals surface area contributed by atoms with Crippen LogP contribution in [0.15, 0.2) is 35.4 Å². The first kappa shape index (κ1) is 21.9. The van der Waals surface area contributed by atoms with Crippen LogP contribution >= 0.6 is 0 Å². The van der Waals surface area contributed by atoms with Gasteiger partial charge in [0.2, 0.25) is 5.88 Å². The summed E-state index contributed by atoms with van der Waals surface area (Å²) in [6.45, 7) is 2.35.